The quantitative estimate of drug-likeness (QED) is 0.876. The Balaban J connectivity index is 1.41. The zero-order valence-electron chi connectivity index (χ0n) is 15.3. The number of carbonyl (C=O) groups excluding carboxylic acids is 1. The number of amides is 1. The number of rotatable bonds is 3. The minimum Gasteiger partial charge on any atom is -0.508 e. The lowest BCUT2D eigenvalue weighted by Crippen LogP contribution is -2.48. The van der Waals surface area contributed by atoms with Crippen LogP contribution in [-0.4, -0.2) is 55.2 Å². The number of piperazine rings is 1. The molecule has 0 radical (unpaired) electrons. The van der Waals surface area contributed by atoms with Crippen molar-refractivity contribution in [1.82, 2.24) is 4.90 Å². The maximum absolute atomic E-state index is 12.9. The molecule has 0 unspecified atom stereocenters. The van der Waals surface area contributed by atoms with Crippen molar-refractivity contribution in [3.8, 4) is 5.75 Å². The van der Waals surface area contributed by atoms with E-state index in [-0.39, 0.29) is 11.7 Å². The second-order valence-electron chi connectivity index (χ2n) is 7.16. The van der Waals surface area contributed by atoms with E-state index in [2.05, 4.69) is 9.80 Å². The van der Waals surface area contributed by atoms with E-state index in [9.17, 15) is 9.90 Å². The van der Waals surface area contributed by atoms with Gasteiger partial charge < -0.3 is 19.8 Å². The molecule has 142 valence electrons. The van der Waals surface area contributed by atoms with Gasteiger partial charge in [0.05, 0.1) is 10.7 Å². The zero-order chi connectivity index (χ0) is 18.8. The molecule has 27 heavy (non-hydrogen) atoms. The van der Waals surface area contributed by atoms with Gasteiger partial charge >= 0.3 is 0 Å². The standard InChI is InChI=1S/C21H24ClN3O2/c22-19-14-16(6-7-20(19)24-8-1-2-9-24)21(27)25-12-10-23(11-13-25)17-4-3-5-18(26)15-17/h3-7,14-15,26H,1-2,8-13H2. The zero-order valence-corrected chi connectivity index (χ0v) is 16.0. The highest BCUT2D eigenvalue weighted by Crippen LogP contribution is 2.30. The summed E-state index contributed by atoms with van der Waals surface area (Å²) in [5, 5.41) is 10.3. The van der Waals surface area contributed by atoms with E-state index in [0.29, 0.717) is 23.7 Å². The Morgan fingerprint density at radius 1 is 0.889 bits per heavy atom. The highest BCUT2D eigenvalue weighted by Gasteiger charge is 2.24. The number of phenols is 1. The summed E-state index contributed by atoms with van der Waals surface area (Å²) in [6.07, 6.45) is 2.39. The Hall–Kier alpha value is -2.40. The molecule has 2 aliphatic rings. The fourth-order valence-corrected chi connectivity index (χ4v) is 4.19. The maximum Gasteiger partial charge on any atom is 0.254 e. The molecule has 1 amide bonds. The maximum atomic E-state index is 12.9. The third kappa shape index (κ3) is 3.83. The van der Waals surface area contributed by atoms with E-state index in [0.717, 1.165) is 37.6 Å². The minimum absolute atomic E-state index is 0.0282. The second-order valence-corrected chi connectivity index (χ2v) is 7.57. The van der Waals surface area contributed by atoms with Crippen molar-refractivity contribution in [2.24, 2.45) is 0 Å². The summed E-state index contributed by atoms with van der Waals surface area (Å²) < 4.78 is 0. The van der Waals surface area contributed by atoms with E-state index in [4.69, 9.17) is 11.6 Å². The lowest BCUT2D eigenvalue weighted by Gasteiger charge is -2.36. The number of halogens is 1. The first-order valence-electron chi connectivity index (χ1n) is 9.49. The van der Waals surface area contributed by atoms with Crippen molar-refractivity contribution >= 4 is 28.9 Å². The van der Waals surface area contributed by atoms with Crippen LogP contribution in [0, 0.1) is 0 Å². The third-order valence-electron chi connectivity index (χ3n) is 5.40. The van der Waals surface area contributed by atoms with Gasteiger partial charge in [0.15, 0.2) is 0 Å². The van der Waals surface area contributed by atoms with E-state index >= 15 is 0 Å². The van der Waals surface area contributed by atoms with Crippen molar-refractivity contribution in [2.75, 3.05) is 49.1 Å². The normalized spacial score (nSPS) is 17.4. The molecule has 0 aliphatic carbocycles. The topological polar surface area (TPSA) is 47.0 Å². The van der Waals surface area contributed by atoms with Gasteiger partial charge in [0.1, 0.15) is 5.75 Å². The average molecular weight is 386 g/mol. The third-order valence-corrected chi connectivity index (χ3v) is 5.71. The van der Waals surface area contributed by atoms with Crippen LogP contribution in [-0.2, 0) is 0 Å². The molecular weight excluding hydrogens is 362 g/mol. The van der Waals surface area contributed by atoms with E-state index in [1.165, 1.54) is 12.8 Å². The first kappa shape index (κ1) is 18.0. The summed E-state index contributed by atoms with van der Waals surface area (Å²) in [6.45, 7) is 4.86. The van der Waals surface area contributed by atoms with Gasteiger partial charge in [-0.15, -0.1) is 0 Å². The Morgan fingerprint density at radius 3 is 2.30 bits per heavy atom. The molecule has 2 aromatic rings. The lowest BCUT2D eigenvalue weighted by atomic mass is 10.1. The average Bonchev–Trinajstić information content (AvgIpc) is 3.22. The Kier molecular flexibility index (Phi) is 5.12. The van der Waals surface area contributed by atoms with Crippen LogP contribution in [0.4, 0.5) is 11.4 Å². The molecule has 2 aliphatic heterocycles. The highest BCUT2D eigenvalue weighted by molar-refractivity contribution is 6.33. The fourth-order valence-electron chi connectivity index (χ4n) is 3.89. The van der Waals surface area contributed by atoms with E-state index < -0.39 is 0 Å². The molecule has 0 bridgehead atoms. The summed E-state index contributed by atoms with van der Waals surface area (Å²) in [5.74, 6) is 0.291. The molecular formula is C21H24ClN3O2. The second kappa shape index (κ2) is 7.69. The predicted octanol–water partition coefficient (Wildman–Crippen LogP) is 3.61. The Bertz CT molecular complexity index is 828. The van der Waals surface area contributed by atoms with E-state index in [1.807, 2.05) is 29.2 Å². The van der Waals surface area contributed by atoms with Gasteiger partial charge in [0.2, 0.25) is 0 Å². The molecule has 2 saturated heterocycles. The van der Waals surface area contributed by atoms with Crippen molar-refractivity contribution < 1.29 is 9.90 Å². The number of aromatic hydroxyl groups is 1. The SMILES string of the molecule is O=C(c1ccc(N2CCCC2)c(Cl)c1)N1CCN(c2cccc(O)c2)CC1. The highest BCUT2D eigenvalue weighted by atomic mass is 35.5. The van der Waals surface area contributed by atoms with Crippen LogP contribution < -0.4 is 9.80 Å². The fraction of sp³-hybridized carbons (Fsp3) is 0.381. The predicted molar refractivity (Wildman–Crippen MR) is 109 cm³/mol. The van der Waals surface area contributed by atoms with Gasteiger partial charge in [-0.3, -0.25) is 4.79 Å². The van der Waals surface area contributed by atoms with Crippen molar-refractivity contribution in [3.05, 3.63) is 53.1 Å². The summed E-state index contributed by atoms with van der Waals surface area (Å²) >= 11 is 6.47. The first-order valence-corrected chi connectivity index (χ1v) is 9.87. The number of anilines is 2. The van der Waals surface area contributed by atoms with Crippen molar-refractivity contribution in [1.29, 1.82) is 0 Å². The molecule has 0 aromatic heterocycles. The van der Waals surface area contributed by atoms with Gasteiger partial charge in [-0.2, -0.15) is 0 Å². The van der Waals surface area contributed by atoms with Crippen LogP contribution >= 0.6 is 11.6 Å². The van der Waals surface area contributed by atoms with Crippen LogP contribution in [0.3, 0.4) is 0 Å². The van der Waals surface area contributed by atoms with Crippen LogP contribution in [0.1, 0.15) is 23.2 Å². The summed E-state index contributed by atoms with van der Waals surface area (Å²) in [7, 11) is 0. The molecule has 2 heterocycles. The number of carbonyl (C=O) groups is 1. The molecule has 0 saturated carbocycles. The minimum atomic E-state index is 0.0282. The van der Waals surface area contributed by atoms with Crippen molar-refractivity contribution in [3.63, 3.8) is 0 Å². The molecule has 0 spiro atoms. The lowest BCUT2D eigenvalue weighted by molar-refractivity contribution is 0.0747. The smallest absolute Gasteiger partial charge is 0.254 e. The summed E-state index contributed by atoms with van der Waals surface area (Å²) in [4.78, 5) is 19.2. The van der Waals surface area contributed by atoms with Gasteiger partial charge in [0, 0.05) is 56.6 Å². The van der Waals surface area contributed by atoms with Crippen LogP contribution in [0.2, 0.25) is 5.02 Å². The molecule has 1 N–H and O–H groups in total. The molecule has 6 heteroatoms. The van der Waals surface area contributed by atoms with Gasteiger partial charge in [-0.1, -0.05) is 17.7 Å². The number of nitrogens with zero attached hydrogens (tertiary/aromatic N) is 3. The van der Waals surface area contributed by atoms with Crippen LogP contribution in [0.25, 0.3) is 0 Å². The monoisotopic (exact) mass is 385 g/mol. The van der Waals surface area contributed by atoms with Crippen LogP contribution in [0.5, 0.6) is 5.75 Å². The molecule has 2 aromatic carbocycles. The molecule has 5 nitrogen and oxygen atoms in total. The number of phenolic OH excluding ortho intramolecular Hbond substituents is 1. The summed E-state index contributed by atoms with van der Waals surface area (Å²) in [5.41, 5.74) is 2.66. The van der Waals surface area contributed by atoms with Gasteiger partial charge in [0.25, 0.3) is 5.91 Å². The summed E-state index contributed by atoms with van der Waals surface area (Å²) in [6, 6.07) is 12.9. The van der Waals surface area contributed by atoms with Crippen molar-refractivity contribution in [2.45, 2.75) is 12.8 Å². The van der Waals surface area contributed by atoms with Gasteiger partial charge in [-0.05, 0) is 43.2 Å². The molecule has 4 rings (SSSR count). The van der Waals surface area contributed by atoms with Gasteiger partial charge in [-0.25, -0.2) is 0 Å². The first-order chi connectivity index (χ1) is 13.1. The molecule has 2 fully saturated rings. The Morgan fingerprint density at radius 2 is 1.63 bits per heavy atom. The largest absolute Gasteiger partial charge is 0.508 e. The Labute approximate surface area is 164 Å². The number of benzene rings is 2. The number of hydrogen-bond acceptors (Lipinski definition) is 4. The number of hydrogen-bond donors (Lipinski definition) is 1. The molecule has 0 atom stereocenters. The van der Waals surface area contributed by atoms with Crippen LogP contribution in [0.15, 0.2) is 42.5 Å². The van der Waals surface area contributed by atoms with E-state index in [1.54, 1.807) is 18.2 Å².